The van der Waals surface area contributed by atoms with Gasteiger partial charge in [0.25, 0.3) is 0 Å². The Hall–Kier alpha value is -0.390. The molecule has 2 aromatic rings. The number of benzene rings is 1. The number of halogens is 1. The van der Waals surface area contributed by atoms with Crippen LogP contribution in [-0.4, -0.2) is 6.54 Å². The molecule has 1 aromatic carbocycles. The van der Waals surface area contributed by atoms with E-state index in [1.165, 1.54) is 18.9 Å². The highest BCUT2D eigenvalue weighted by atomic mass is 127. The van der Waals surface area contributed by atoms with Crippen molar-refractivity contribution in [2.45, 2.75) is 19.9 Å². The minimum absolute atomic E-state index is 0.327. The molecule has 1 aromatic heterocycles. The van der Waals surface area contributed by atoms with E-state index in [-0.39, 0.29) is 0 Å². The fourth-order valence-corrected chi connectivity index (χ4v) is 3.43. The summed E-state index contributed by atoms with van der Waals surface area (Å²) in [4.78, 5) is 2.76. The molecule has 0 amide bonds. The van der Waals surface area contributed by atoms with Gasteiger partial charge in [-0.3, -0.25) is 0 Å². The fourth-order valence-electron chi connectivity index (χ4n) is 1.88. The zero-order valence-corrected chi connectivity index (χ0v) is 13.0. The van der Waals surface area contributed by atoms with Crippen LogP contribution in [-0.2, 0) is 0 Å². The van der Waals surface area contributed by atoms with Crippen molar-refractivity contribution in [2.24, 2.45) is 0 Å². The molecular formula is C14H16INS. The van der Waals surface area contributed by atoms with Crippen molar-refractivity contribution >= 4 is 33.9 Å². The normalized spacial score (nSPS) is 12.6. The second kappa shape index (κ2) is 5.98. The lowest BCUT2D eigenvalue weighted by atomic mass is 10.1. The summed E-state index contributed by atoms with van der Waals surface area (Å²) < 4.78 is 1.29. The Morgan fingerprint density at radius 3 is 2.71 bits per heavy atom. The van der Waals surface area contributed by atoms with Crippen LogP contribution in [0.4, 0.5) is 0 Å². The molecule has 0 spiro atoms. The van der Waals surface area contributed by atoms with Crippen LogP contribution in [0.15, 0.2) is 36.4 Å². The first-order valence-corrected chi connectivity index (χ1v) is 7.65. The maximum Gasteiger partial charge on any atom is 0.0671 e. The maximum absolute atomic E-state index is 3.56. The molecule has 1 heterocycles. The lowest BCUT2D eigenvalue weighted by Gasteiger charge is -2.17. The predicted molar refractivity (Wildman–Crippen MR) is 83.7 cm³/mol. The van der Waals surface area contributed by atoms with Crippen molar-refractivity contribution in [2.75, 3.05) is 6.54 Å². The Kier molecular flexibility index (Phi) is 4.59. The Morgan fingerprint density at radius 2 is 2.12 bits per heavy atom. The summed E-state index contributed by atoms with van der Waals surface area (Å²) in [7, 11) is 0. The predicted octanol–water partition coefficient (Wildman–Crippen LogP) is 4.36. The van der Waals surface area contributed by atoms with Crippen LogP contribution in [0.5, 0.6) is 0 Å². The first-order valence-electron chi connectivity index (χ1n) is 5.76. The van der Waals surface area contributed by atoms with Gasteiger partial charge in [0.15, 0.2) is 0 Å². The van der Waals surface area contributed by atoms with Gasteiger partial charge in [0.2, 0.25) is 0 Å². The zero-order chi connectivity index (χ0) is 12.3. The van der Waals surface area contributed by atoms with Crippen LogP contribution >= 0.6 is 33.9 Å². The minimum Gasteiger partial charge on any atom is -0.306 e. The van der Waals surface area contributed by atoms with Gasteiger partial charge in [-0.2, -0.15) is 0 Å². The highest BCUT2D eigenvalue weighted by molar-refractivity contribution is 14.1. The molecule has 0 saturated carbocycles. The average Bonchev–Trinajstić information content (AvgIpc) is 2.72. The van der Waals surface area contributed by atoms with Crippen molar-refractivity contribution in [1.29, 1.82) is 0 Å². The monoisotopic (exact) mass is 357 g/mol. The second-order valence-corrected chi connectivity index (χ2v) is 6.56. The first-order chi connectivity index (χ1) is 8.20. The van der Waals surface area contributed by atoms with E-state index in [2.05, 4.69) is 78.2 Å². The van der Waals surface area contributed by atoms with Gasteiger partial charge in [0.05, 0.1) is 6.04 Å². The molecule has 1 nitrogen and oxygen atoms in total. The van der Waals surface area contributed by atoms with Gasteiger partial charge in [-0.25, -0.2) is 0 Å². The first kappa shape index (κ1) is 13.1. The minimum atomic E-state index is 0.327. The van der Waals surface area contributed by atoms with Gasteiger partial charge in [-0.05, 0) is 65.9 Å². The van der Waals surface area contributed by atoms with E-state index in [1.54, 1.807) is 0 Å². The topological polar surface area (TPSA) is 12.0 Å². The third-order valence-corrected chi connectivity index (χ3v) is 4.37. The van der Waals surface area contributed by atoms with Gasteiger partial charge in [-0.15, -0.1) is 11.3 Å². The summed E-state index contributed by atoms with van der Waals surface area (Å²) >= 11 is 4.24. The molecule has 90 valence electrons. The highest BCUT2D eigenvalue weighted by Gasteiger charge is 2.14. The van der Waals surface area contributed by atoms with E-state index >= 15 is 0 Å². The van der Waals surface area contributed by atoms with Gasteiger partial charge >= 0.3 is 0 Å². The van der Waals surface area contributed by atoms with E-state index in [0.717, 1.165) is 6.54 Å². The Labute approximate surface area is 120 Å². The molecule has 1 unspecified atom stereocenters. The van der Waals surface area contributed by atoms with Gasteiger partial charge < -0.3 is 5.32 Å². The van der Waals surface area contributed by atoms with Crippen LogP contribution in [0, 0.1) is 10.5 Å². The highest BCUT2D eigenvalue weighted by Crippen LogP contribution is 2.28. The molecule has 0 aliphatic carbocycles. The van der Waals surface area contributed by atoms with Crippen molar-refractivity contribution in [3.05, 3.63) is 55.3 Å². The van der Waals surface area contributed by atoms with E-state index < -0.39 is 0 Å². The van der Waals surface area contributed by atoms with E-state index in [4.69, 9.17) is 0 Å². The Balaban J connectivity index is 2.35. The van der Waals surface area contributed by atoms with Crippen molar-refractivity contribution in [1.82, 2.24) is 5.32 Å². The molecule has 0 aliphatic heterocycles. The van der Waals surface area contributed by atoms with E-state index in [0.29, 0.717) is 6.04 Å². The summed E-state index contributed by atoms with van der Waals surface area (Å²) in [5, 5.41) is 3.56. The number of aryl methyl sites for hydroxylation is 1. The molecule has 1 atom stereocenters. The standard InChI is InChI=1S/C14H16INS/c1-3-16-14(13-8-7-10(2)17-13)11-5-4-6-12(15)9-11/h4-9,14,16H,3H2,1-2H3. The average molecular weight is 357 g/mol. The molecule has 3 heteroatoms. The largest absolute Gasteiger partial charge is 0.306 e. The molecule has 0 aliphatic rings. The van der Waals surface area contributed by atoms with Crippen LogP contribution in [0.1, 0.15) is 28.3 Å². The van der Waals surface area contributed by atoms with Crippen LogP contribution < -0.4 is 5.32 Å². The molecule has 0 saturated heterocycles. The fraction of sp³-hybridized carbons (Fsp3) is 0.286. The Morgan fingerprint density at radius 1 is 1.29 bits per heavy atom. The van der Waals surface area contributed by atoms with Crippen molar-refractivity contribution in [3.63, 3.8) is 0 Å². The summed E-state index contributed by atoms with van der Waals surface area (Å²) in [6.45, 7) is 5.29. The lowest BCUT2D eigenvalue weighted by molar-refractivity contribution is 0.639. The van der Waals surface area contributed by atoms with Crippen LogP contribution in [0.25, 0.3) is 0 Å². The number of rotatable bonds is 4. The Bertz CT molecular complexity index is 492. The van der Waals surface area contributed by atoms with E-state index in [1.807, 2.05) is 11.3 Å². The van der Waals surface area contributed by atoms with Gasteiger partial charge in [0, 0.05) is 13.3 Å². The van der Waals surface area contributed by atoms with Crippen LogP contribution in [0.2, 0.25) is 0 Å². The molecule has 17 heavy (non-hydrogen) atoms. The SMILES string of the molecule is CCNC(c1cccc(I)c1)c1ccc(C)s1. The van der Waals surface area contributed by atoms with E-state index in [9.17, 15) is 0 Å². The number of hydrogen-bond acceptors (Lipinski definition) is 2. The second-order valence-electron chi connectivity index (χ2n) is 3.99. The summed E-state index contributed by atoms with van der Waals surface area (Å²) in [5.41, 5.74) is 1.35. The van der Waals surface area contributed by atoms with Gasteiger partial charge in [0.1, 0.15) is 0 Å². The van der Waals surface area contributed by atoms with Crippen molar-refractivity contribution in [3.8, 4) is 0 Å². The summed E-state index contributed by atoms with van der Waals surface area (Å²) in [6, 6.07) is 13.5. The van der Waals surface area contributed by atoms with Crippen LogP contribution in [0.3, 0.4) is 0 Å². The van der Waals surface area contributed by atoms with Gasteiger partial charge in [-0.1, -0.05) is 19.1 Å². The quantitative estimate of drug-likeness (QED) is 0.802. The third kappa shape index (κ3) is 3.30. The summed E-state index contributed by atoms with van der Waals surface area (Å²) in [5.74, 6) is 0. The molecule has 0 radical (unpaired) electrons. The number of thiophene rings is 1. The zero-order valence-electron chi connectivity index (χ0n) is 10.0. The smallest absolute Gasteiger partial charge is 0.0671 e. The number of hydrogen-bond donors (Lipinski definition) is 1. The molecule has 0 bridgehead atoms. The molecule has 2 rings (SSSR count). The van der Waals surface area contributed by atoms with Crippen molar-refractivity contribution < 1.29 is 0 Å². The number of nitrogens with one attached hydrogen (secondary N) is 1. The third-order valence-electron chi connectivity index (χ3n) is 2.64. The molecule has 1 N–H and O–H groups in total. The summed E-state index contributed by atoms with van der Waals surface area (Å²) in [6.07, 6.45) is 0. The maximum atomic E-state index is 3.56. The molecular weight excluding hydrogens is 341 g/mol. The lowest BCUT2D eigenvalue weighted by Crippen LogP contribution is -2.21. The molecule has 0 fully saturated rings.